The molecule has 2 amide bonds. The van der Waals surface area contributed by atoms with Gasteiger partial charge in [0.15, 0.2) is 0 Å². The number of carbonyl (C=O) groups is 2. The zero-order valence-electron chi connectivity index (χ0n) is 21.4. The largest absolute Gasteiger partial charge is 0.350 e. The Bertz CT molecular complexity index is 1310. The van der Waals surface area contributed by atoms with Crippen LogP contribution < -0.4 is 9.62 Å². The molecule has 0 aliphatic heterocycles. The molecule has 0 unspecified atom stereocenters. The fourth-order valence-corrected chi connectivity index (χ4v) is 5.39. The van der Waals surface area contributed by atoms with Gasteiger partial charge in [0.25, 0.3) is 10.0 Å². The maximum atomic E-state index is 13.8. The SMILES string of the molecule is C[C@H](C(=O)NC(C)(C)C)N(Cc1ccc(Br)cc1)C(=O)CN(c1ccccc1)S(=O)(=O)c1ccccc1. The van der Waals surface area contributed by atoms with Crippen LogP contribution in [-0.2, 0) is 26.2 Å². The zero-order chi connectivity index (χ0) is 27.2. The van der Waals surface area contributed by atoms with E-state index in [9.17, 15) is 18.0 Å². The van der Waals surface area contributed by atoms with Crippen molar-refractivity contribution in [3.63, 3.8) is 0 Å². The summed E-state index contributed by atoms with van der Waals surface area (Å²) in [4.78, 5) is 28.4. The fourth-order valence-electron chi connectivity index (χ4n) is 3.69. The average molecular weight is 587 g/mol. The third-order valence-corrected chi connectivity index (χ3v) is 7.90. The predicted molar refractivity (Wildman–Crippen MR) is 149 cm³/mol. The van der Waals surface area contributed by atoms with Crippen molar-refractivity contribution in [2.45, 2.75) is 50.7 Å². The average Bonchev–Trinajstić information content (AvgIpc) is 2.86. The van der Waals surface area contributed by atoms with Crippen molar-refractivity contribution in [2.24, 2.45) is 0 Å². The molecule has 3 aromatic rings. The highest BCUT2D eigenvalue weighted by Crippen LogP contribution is 2.24. The van der Waals surface area contributed by atoms with E-state index in [4.69, 9.17) is 0 Å². The summed E-state index contributed by atoms with van der Waals surface area (Å²) < 4.78 is 29.3. The summed E-state index contributed by atoms with van der Waals surface area (Å²) in [5.74, 6) is -0.821. The molecule has 0 aromatic heterocycles. The number of rotatable bonds is 9. The molecule has 196 valence electrons. The van der Waals surface area contributed by atoms with Crippen LogP contribution in [0, 0.1) is 0 Å². The lowest BCUT2D eigenvalue weighted by Crippen LogP contribution is -2.54. The van der Waals surface area contributed by atoms with Gasteiger partial charge in [-0.15, -0.1) is 0 Å². The maximum Gasteiger partial charge on any atom is 0.264 e. The molecule has 0 spiro atoms. The van der Waals surface area contributed by atoms with Gasteiger partial charge in [-0.3, -0.25) is 13.9 Å². The highest BCUT2D eigenvalue weighted by Gasteiger charge is 2.33. The first kappa shape index (κ1) is 28.4. The standard InChI is InChI=1S/C28H32BrN3O4S/c1-21(27(34)30-28(2,3)4)31(19-22-15-17-23(29)18-16-22)26(33)20-32(24-11-7-5-8-12-24)37(35,36)25-13-9-6-10-14-25/h5-18,21H,19-20H2,1-4H3,(H,30,34)/t21-/m1/s1. The first-order valence-corrected chi connectivity index (χ1v) is 14.1. The molecule has 0 radical (unpaired) electrons. The number of halogens is 1. The quantitative estimate of drug-likeness (QED) is 0.384. The third kappa shape index (κ3) is 7.66. The van der Waals surface area contributed by atoms with E-state index >= 15 is 0 Å². The van der Waals surface area contributed by atoms with Gasteiger partial charge in [-0.2, -0.15) is 0 Å². The van der Waals surface area contributed by atoms with E-state index in [0.717, 1.165) is 14.3 Å². The van der Waals surface area contributed by atoms with Gasteiger partial charge in [0.05, 0.1) is 10.6 Å². The molecule has 0 bridgehead atoms. The molecule has 0 aliphatic carbocycles. The van der Waals surface area contributed by atoms with Crippen LogP contribution in [0.1, 0.15) is 33.3 Å². The van der Waals surface area contributed by atoms with Gasteiger partial charge >= 0.3 is 0 Å². The number of anilines is 1. The molecule has 0 heterocycles. The van der Waals surface area contributed by atoms with Crippen molar-refractivity contribution in [1.82, 2.24) is 10.2 Å². The molecule has 0 aliphatic rings. The van der Waals surface area contributed by atoms with E-state index < -0.39 is 34.1 Å². The van der Waals surface area contributed by atoms with Crippen molar-refractivity contribution in [3.05, 3.63) is 95.0 Å². The molecule has 3 aromatic carbocycles. The molecule has 9 heteroatoms. The number of sulfonamides is 1. The van der Waals surface area contributed by atoms with Crippen LogP contribution in [0.3, 0.4) is 0 Å². The summed E-state index contributed by atoms with van der Waals surface area (Å²) in [6.07, 6.45) is 0. The van der Waals surface area contributed by atoms with E-state index in [2.05, 4.69) is 21.2 Å². The van der Waals surface area contributed by atoms with E-state index in [1.54, 1.807) is 55.5 Å². The van der Waals surface area contributed by atoms with Crippen molar-refractivity contribution in [1.29, 1.82) is 0 Å². The minimum Gasteiger partial charge on any atom is -0.350 e. The Morgan fingerprint density at radius 1 is 0.892 bits per heavy atom. The lowest BCUT2D eigenvalue weighted by molar-refractivity contribution is -0.140. The number of benzene rings is 3. The van der Waals surface area contributed by atoms with Crippen LogP contribution in [0.15, 0.2) is 94.3 Å². The Kier molecular flexibility index (Phi) is 9.15. The summed E-state index contributed by atoms with van der Waals surface area (Å²) in [5, 5.41) is 2.92. The first-order chi connectivity index (χ1) is 17.4. The van der Waals surface area contributed by atoms with Gasteiger partial charge in [-0.05, 0) is 69.7 Å². The number of amides is 2. The molecule has 0 fully saturated rings. The monoisotopic (exact) mass is 585 g/mol. The van der Waals surface area contributed by atoms with E-state index in [1.165, 1.54) is 17.0 Å². The summed E-state index contributed by atoms with van der Waals surface area (Å²) in [7, 11) is -4.06. The second kappa shape index (κ2) is 11.9. The van der Waals surface area contributed by atoms with Crippen molar-refractivity contribution < 1.29 is 18.0 Å². The van der Waals surface area contributed by atoms with Crippen LogP contribution >= 0.6 is 15.9 Å². The summed E-state index contributed by atoms with van der Waals surface area (Å²) in [6, 6.07) is 23.1. The van der Waals surface area contributed by atoms with Crippen LogP contribution in [0.2, 0.25) is 0 Å². The second-order valence-electron chi connectivity index (χ2n) is 9.72. The lowest BCUT2D eigenvalue weighted by atomic mass is 10.1. The summed E-state index contributed by atoms with van der Waals surface area (Å²) >= 11 is 3.41. The summed E-state index contributed by atoms with van der Waals surface area (Å²) in [6.45, 7) is 6.91. The van der Waals surface area contributed by atoms with Crippen LogP contribution in [0.4, 0.5) is 5.69 Å². The smallest absolute Gasteiger partial charge is 0.264 e. The number of carbonyl (C=O) groups excluding carboxylic acids is 2. The van der Waals surface area contributed by atoms with E-state index in [-0.39, 0.29) is 17.3 Å². The number of hydrogen-bond acceptors (Lipinski definition) is 4. The van der Waals surface area contributed by atoms with E-state index in [0.29, 0.717) is 5.69 Å². The van der Waals surface area contributed by atoms with Gasteiger partial charge in [0, 0.05) is 16.6 Å². The third-order valence-electron chi connectivity index (χ3n) is 5.59. The highest BCUT2D eigenvalue weighted by atomic mass is 79.9. The molecular formula is C28H32BrN3O4S. The van der Waals surface area contributed by atoms with E-state index in [1.807, 2.05) is 45.0 Å². The zero-order valence-corrected chi connectivity index (χ0v) is 23.8. The predicted octanol–water partition coefficient (Wildman–Crippen LogP) is 4.98. The molecule has 37 heavy (non-hydrogen) atoms. The normalized spacial score (nSPS) is 12.5. The molecule has 0 saturated heterocycles. The Labute approximate surface area is 227 Å². The first-order valence-electron chi connectivity index (χ1n) is 11.9. The number of nitrogens with zero attached hydrogens (tertiary/aromatic N) is 2. The Morgan fingerprint density at radius 2 is 1.43 bits per heavy atom. The van der Waals surface area contributed by atoms with Gasteiger partial charge in [0.2, 0.25) is 11.8 Å². The second-order valence-corrected chi connectivity index (χ2v) is 12.5. The fraction of sp³-hybridized carbons (Fsp3) is 0.286. The minimum absolute atomic E-state index is 0.0737. The Morgan fingerprint density at radius 3 is 1.97 bits per heavy atom. The Hall–Kier alpha value is -3.17. The van der Waals surface area contributed by atoms with Crippen LogP contribution in [0.25, 0.3) is 0 Å². The summed E-state index contributed by atoms with van der Waals surface area (Å²) in [5.41, 5.74) is 0.670. The molecule has 0 saturated carbocycles. The molecule has 3 rings (SSSR count). The number of hydrogen-bond donors (Lipinski definition) is 1. The van der Waals surface area contributed by atoms with Gasteiger partial charge in [-0.25, -0.2) is 8.42 Å². The highest BCUT2D eigenvalue weighted by molar-refractivity contribution is 9.10. The van der Waals surface area contributed by atoms with Gasteiger partial charge in [-0.1, -0.05) is 64.5 Å². The van der Waals surface area contributed by atoms with Crippen LogP contribution in [0.5, 0.6) is 0 Å². The minimum atomic E-state index is -4.06. The number of nitrogens with one attached hydrogen (secondary N) is 1. The maximum absolute atomic E-state index is 13.8. The van der Waals surface area contributed by atoms with Crippen molar-refractivity contribution in [2.75, 3.05) is 10.8 Å². The number of para-hydroxylation sites is 1. The van der Waals surface area contributed by atoms with Gasteiger partial charge < -0.3 is 10.2 Å². The van der Waals surface area contributed by atoms with Crippen molar-refractivity contribution in [3.8, 4) is 0 Å². The van der Waals surface area contributed by atoms with Crippen LogP contribution in [-0.4, -0.2) is 43.3 Å². The van der Waals surface area contributed by atoms with Gasteiger partial charge in [0.1, 0.15) is 12.6 Å². The topological polar surface area (TPSA) is 86.8 Å². The Balaban J connectivity index is 1.99. The van der Waals surface area contributed by atoms with Crippen molar-refractivity contribution >= 4 is 43.5 Å². The lowest BCUT2D eigenvalue weighted by Gasteiger charge is -2.33. The molecule has 7 nitrogen and oxygen atoms in total. The molecule has 1 atom stereocenters. The molecule has 1 N–H and O–H groups in total. The molecular weight excluding hydrogens is 554 g/mol.